The third-order valence-electron chi connectivity index (χ3n) is 8.83. The average molecular weight is 630 g/mol. The number of fused-ring (bicyclic) bond motifs is 1. The number of piperidine rings is 2. The van der Waals surface area contributed by atoms with Crippen molar-refractivity contribution in [1.29, 1.82) is 0 Å². The molecule has 6 rings (SSSR count). The minimum atomic E-state index is -0.502. The zero-order valence-electron chi connectivity index (χ0n) is 27.2. The van der Waals surface area contributed by atoms with E-state index in [1.165, 1.54) is 6.33 Å². The Morgan fingerprint density at radius 3 is 2.24 bits per heavy atom. The van der Waals surface area contributed by atoms with E-state index in [4.69, 9.17) is 19.9 Å². The molecule has 12 nitrogen and oxygen atoms in total. The molecule has 0 aliphatic carbocycles. The van der Waals surface area contributed by atoms with Gasteiger partial charge in [0.1, 0.15) is 23.2 Å². The highest BCUT2D eigenvalue weighted by Gasteiger charge is 2.33. The Hall–Kier alpha value is -4.58. The highest BCUT2D eigenvalue weighted by Crippen LogP contribution is 2.35. The third-order valence-corrected chi connectivity index (χ3v) is 8.83. The molecule has 4 heterocycles. The van der Waals surface area contributed by atoms with E-state index in [1.54, 1.807) is 28.4 Å². The summed E-state index contributed by atoms with van der Waals surface area (Å²) in [6, 6.07) is 13.5. The van der Waals surface area contributed by atoms with Gasteiger partial charge in [-0.15, -0.1) is 0 Å². The summed E-state index contributed by atoms with van der Waals surface area (Å²) in [5.41, 5.74) is 8.36. The fourth-order valence-corrected chi connectivity index (χ4v) is 6.50. The fraction of sp³-hybridized carbons (Fsp3) is 0.471. The zero-order chi connectivity index (χ0) is 32.6. The standard InChI is InChI=1S/C34H43N7O5/c1-22-6-9-26(10-7-22)45-27-11-8-25(20-28(27)44-5)40-29-30(35)36-21-37-31(29)41(32(40)42)24-14-16-38(17-15-24)23-12-18-39(19-13-23)33(43)46-34(2,3)4/h6-11,20-21,23-24H,12-19H2,1-5H3,(H2,35,36,37). The van der Waals surface area contributed by atoms with Crippen LogP contribution in [0.5, 0.6) is 17.2 Å². The first-order valence-corrected chi connectivity index (χ1v) is 15.9. The lowest BCUT2D eigenvalue weighted by Crippen LogP contribution is -2.50. The number of aryl methyl sites for hydroxylation is 1. The molecule has 2 N–H and O–H groups in total. The summed E-state index contributed by atoms with van der Waals surface area (Å²) in [5.74, 6) is 1.92. The number of hydrogen-bond acceptors (Lipinski definition) is 9. The molecular weight excluding hydrogens is 586 g/mol. The molecule has 0 saturated carbocycles. The van der Waals surface area contributed by atoms with Gasteiger partial charge >= 0.3 is 11.8 Å². The number of hydrogen-bond donors (Lipinski definition) is 1. The van der Waals surface area contributed by atoms with Crippen LogP contribution in [0.3, 0.4) is 0 Å². The topological polar surface area (TPSA) is 130 Å². The molecule has 0 unspecified atom stereocenters. The van der Waals surface area contributed by atoms with Crippen LogP contribution in [0.2, 0.25) is 0 Å². The Bertz CT molecular complexity index is 1760. The van der Waals surface area contributed by atoms with Crippen LogP contribution in [0.1, 0.15) is 58.1 Å². The number of anilines is 1. The van der Waals surface area contributed by atoms with Crippen molar-refractivity contribution in [1.82, 2.24) is 28.9 Å². The van der Waals surface area contributed by atoms with Gasteiger partial charge in [-0.2, -0.15) is 0 Å². The van der Waals surface area contributed by atoms with E-state index >= 15 is 0 Å². The number of carbonyl (C=O) groups is 1. The summed E-state index contributed by atoms with van der Waals surface area (Å²) >= 11 is 0. The van der Waals surface area contributed by atoms with Gasteiger partial charge in [0, 0.05) is 44.3 Å². The number of nitrogen functional groups attached to an aromatic ring is 1. The normalized spacial score (nSPS) is 16.9. The summed E-state index contributed by atoms with van der Waals surface area (Å²) in [5, 5.41) is 0. The highest BCUT2D eigenvalue weighted by atomic mass is 16.6. The maximum absolute atomic E-state index is 14.2. The van der Waals surface area contributed by atoms with E-state index in [9.17, 15) is 9.59 Å². The second-order valence-corrected chi connectivity index (χ2v) is 13.1. The molecule has 4 aromatic rings. The molecule has 0 bridgehead atoms. The van der Waals surface area contributed by atoms with Crippen molar-refractivity contribution in [2.75, 3.05) is 39.0 Å². The van der Waals surface area contributed by atoms with E-state index in [1.807, 2.05) is 62.9 Å². The van der Waals surface area contributed by atoms with Crippen molar-refractivity contribution in [3.8, 4) is 22.9 Å². The number of benzene rings is 2. The second-order valence-electron chi connectivity index (χ2n) is 13.1. The van der Waals surface area contributed by atoms with Crippen LogP contribution in [0.4, 0.5) is 10.6 Å². The largest absolute Gasteiger partial charge is 0.493 e. The molecule has 2 aliphatic rings. The number of carbonyl (C=O) groups excluding carboxylic acids is 1. The number of nitrogens with zero attached hydrogens (tertiary/aromatic N) is 6. The van der Waals surface area contributed by atoms with E-state index in [0.29, 0.717) is 53.2 Å². The third kappa shape index (κ3) is 6.39. The van der Waals surface area contributed by atoms with Crippen LogP contribution < -0.4 is 20.9 Å². The van der Waals surface area contributed by atoms with Crippen LogP contribution in [-0.4, -0.2) is 79.9 Å². The lowest BCUT2D eigenvalue weighted by molar-refractivity contribution is 0.0120. The lowest BCUT2D eigenvalue weighted by atomic mass is 9.98. The van der Waals surface area contributed by atoms with Crippen LogP contribution in [-0.2, 0) is 4.74 Å². The zero-order valence-corrected chi connectivity index (χ0v) is 27.2. The van der Waals surface area contributed by atoms with Crippen molar-refractivity contribution in [2.45, 2.75) is 71.1 Å². The quantitative estimate of drug-likeness (QED) is 0.302. The number of amides is 1. The second kappa shape index (κ2) is 12.7. The van der Waals surface area contributed by atoms with Crippen molar-refractivity contribution >= 4 is 23.1 Å². The van der Waals surface area contributed by atoms with Gasteiger partial charge in [0.2, 0.25) is 0 Å². The van der Waals surface area contributed by atoms with Crippen molar-refractivity contribution in [2.24, 2.45) is 0 Å². The molecule has 1 amide bonds. The lowest BCUT2D eigenvalue weighted by Gasteiger charge is -2.42. The molecule has 2 fully saturated rings. The van der Waals surface area contributed by atoms with Crippen LogP contribution >= 0.6 is 0 Å². The minimum absolute atomic E-state index is 0.0466. The van der Waals surface area contributed by atoms with Crippen LogP contribution in [0, 0.1) is 6.92 Å². The van der Waals surface area contributed by atoms with Crippen molar-refractivity contribution < 1.29 is 19.0 Å². The van der Waals surface area contributed by atoms with Gasteiger partial charge in [-0.05, 0) is 77.6 Å². The first kappa shape index (κ1) is 31.4. The Balaban J connectivity index is 1.21. The van der Waals surface area contributed by atoms with Gasteiger partial charge in [0.15, 0.2) is 23.0 Å². The van der Waals surface area contributed by atoms with Gasteiger partial charge in [-0.25, -0.2) is 19.6 Å². The van der Waals surface area contributed by atoms with Gasteiger partial charge in [-0.1, -0.05) is 17.7 Å². The van der Waals surface area contributed by atoms with Gasteiger partial charge in [0.05, 0.1) is 12.8 Å². The van der Waals surface area contributed by atoms with E-state index < -0.39 is 5.60 Å². The smallest absolute Gasteiger partial charge is 0.410 e. The summed E-state index contributed by atoms with van der Waals surface area (Å²) in [6.45, 7) is 10.7. The molecule has 2 aromatic carbocycles. The minimum Gasteiger partial charge on any atom is -0.493 e. The SMILES string of the molecule is COc1cc(-n2c(=O)n(C3CCN(C4CCN(C(=O)OC(C)(C)C)CC4)CC3)c3ncnc(N)c32)ccc1Oc1ccc(C)cc1. The molecule has 2 saturated heterocycles. The molecule has 12 heteroatoms. The Morgan fingerprint density at radius 1 is 0.913 bits per heavy atom. The maximum atomic E-state index is 14.2. The predicted octanol–water partition coefficient (Wildman–Crippen LogP) is 5.31. The Morgan fingerprint density at radius 2 is 1.59 bits per heavy atom. The first-order valence-electron chi connectivity index (χ1n) is 15.9. The Kier molecular flexibility index (Phi) is 8.65. The van der Waals surface area contributed by atoms with E-state index in [2.05, 4.69) is 14.9 Å². The summed E-state index contributed by atoms with van der Waals surface area (Å²) in [7, 11) is 1.57. The summed E-state index contributed by atoms with van der Waals surface area (Å²) < 4.78 is 20.7. The molecule has 2 aliphatic heterocycles. The van der Waals surface area contributed by atoms with E-state index in [0.717, 1.165) is 44.3 Å². The molecule has 46 heavy (non-hydrogen) atoms. The maximum Gasteiger partial charge on any atom is 0.410 e. The predicted molar refractivity (Wildman–Crippen MR) is 176 cm³/mol. The molecule has 2 aromatic heterocycles. The molecule has 0 radical (unpaired) electrons. The van der Waals surface area contributed by atoms with Crippen molar-refractivity contribution in [3.63, 3.8) is 0 Å². The number of nitrogens with two attached hydrogens (primary N) is 1. The average Bonchev–Trinajstić information content (AvgIpc) is 3.34. The Labute approximate surface area is 268 Å². The number of imidazole rings is 1. The van der Waals surface area contributed by atoms with E-state index in [-0.39, 0.29) is 23.6 Å². The van der Waals surface area contributed by atoms with Gasteiger partial charge in [-0.3, -0.25) is 9.13 Å². The fourth-order valence-electron chi connectivity index (χ4n) is 6.50. The molecular formula is C34H43N7O5. The monoisotopic (exact) mass is 629 g/mol. The first-order chi connectivity index (χ1) is 22.0. The molecule has 0 atom stereocenters. The number of rotatable bonds is 6. The summed E-state index contributed by atoms with van der Waals surface area (Å²) in [4.78, 5) is 39.8. The molecule has 244 valence electrons. The van der Waals surface area contributed by atoms with Gasteiger partial charge < -0.3 is 29.7 Å². The highest BCUT2D eigenvalue weighted by molar-refractivity contribution is 5.84. The molecule has 0 spiro atoms. The number of methoxy groups -OCH3 is 1. The van der Waals surface area contributed by atoms with Crippen LogP contribution in [0.25, 0.3) is 16.9 Å². The number of ether oxygens (including phenoxy) is 3. The number of aromatic nitrogens is 4. The van der Waals surface area contributed by atoms with Gasteiger partial charge in [0.25, 0.3) is 0 Å². The summed E-state index contributed by atoms with van der Waals surface area (Å²) in [6.07, 6.45) is 4.55. The number of likely N-dealkylation sites (tertiary alicyclic amines) is 2. The van der Waals surface area contributed by atoms with Crippen molar-refractivity contribution in [3.05, 3.63) is 64.8 Å². The van der Waals surface area contributed by atoms with Crippen LogP contribution in [0.15, 0.2) is 53.6 Å².